The number of imide groups is 1. The van der Waals surface area contributed by atoms with Gasteiger partial charge in [-0.3, -0.25) is 24.1 Å². The average Bonchev–Trinajstić information content (AvgIpc) is 1.71. The first-order valence-electron chi connectivity index (χ1n) is 31.5. The van der Waals surface area contributed by atoms with Crippen LogP contribution in [0.5, 0.6) is 0 Å². The van der Waals surface area contributed by atoms with Crippen molar-refractivity contribution in [3.05, 3.63) is 213 Å². The number of Topliss-reactive ketones (excluding diaryl/α,β-unsaturated/α-hetero) is 1. The molecule has 3 heterocycles. The van der Waals surface area contributed by atoms with E-state index in [1.54, 1.807) is 48.5 Å². The molecule has 498 valence electrons. The van der Waals surface area contributed by atoms with Crippen molar-refractivity contribution >= 4 is 66.1 Å². The fourth-order valence-electron chi connectivity index (χ4n) is 11.9. The lowest BCUT2D eigenvalue weighted by Crippen LogP contribution is -2.71. The normalized spacial score (nSPS) is 21.7. The molecule has 2 saturated heterocycles. The standard InChI is InChI=1S/C72H78N4O18Si/c1-44-26-33-49(34-27-44)67(82)91-61-56(42-86-58(79)39-32-47(4)77)90-71(64(93-69(84)51-37-30-46(3)31-38-51)63(61)92-68(83)50-35-28-45(2)29-36-50)94-62-59(76-65(80)54-24-16-17-25-55(54)66(76)81)70(85-41-19-11-18-40-74-75-73)89-57(60(62)88-48(5)78)43-87-95(72(6,7)8,52-20-12-9-13-21-52)53-22-14-10-15-23-53/h9-10,12-17,20-31,33-38,56-57,59-64,70-71H,11,18-19,32,39-43H2,1-8H3/t56-,57-,59-,60+,61-,62-,63+,64-,70-,71+/m1/s1. The molecule has 0 radical (unpaired) electrons. The largest absolute Gasteiger partial charge is 0.463 e. The van der Waals surface area contributed by atoms with E-state index in [1.165, 1.54) is 55.5 Å². The maximum Gasteiger partial charge on any atom is 0.338 e. The number of hydrogen-bond acceptors (Lipinski definition) is 19. The minimum absolute atomic E-state index is 0.000939. The molecule has 0 aromatic heterocycles. The maximum absolute atomic E-state index is 15.3. The van der Waals surface area contributed by atoms with Gasteiger partial charge in [0.25, 0.3) is 20.1 Å². The summed E-state index contributed by atoms with van der Waals surface area (Å²) in [4.78, 5) is 119. The molecule has 6 aromatic carbocycles. The van der Waals surface area contributed by atoms with E-state index in [4.69, 9.17) is 52.6 Å². The van der Waals surface area contributed by atoms with Gasteiger partial charge in [-0.1, -0.05) is 158 Å². The third-order valence-electron chi connectivity index (χ3n) is 16.7. The molecule has 22 nitrogen and oxygen atoms in total. The van der Waals surface area contributed by atoms with Crippen molar-refractivity contribution in [1.29, 1.82) is 0 Å². The van der Waals surface area contributed by atoms with Crippen molar-refractivity contribution in [3.8, 4) is 0 Å². The number of aryl methyl sites for hydroxylation is 3. The van der Waals surface area contributed by atoms with E-state index >= 15 is 14.4 Å². The molecule has 6 aromatic rings. The molecule has 0 saturated carbocycles. The van der Waals surface area contributed by atoms with Crippen LogP contribution in [0.25, 0.3) is 10.4 Å². The summed E-state index contributed by atoms with van der Waals surface area (Å²) in [6, 6.07) is 42.7. The van der Waals surface area contributed by atoms with E-state index in [2.05, 4.69) is 30.8 Å². The van der Waals surface area contributed by atoms with Crippen molar-refractivity contribution in [2.24, 2.45) is 5.11 Å². The smallest absolute Gasteiger partial charge is 0.338 e. The van der Waals surface area contributed by atoms with Crippen LogP contribution in [0.4, 0.5) is 0 Å². The van der Waals surface area contributed by atoms with Gasteiger partial charge in [-0.05, 0) is 110 Å². The Hall–Kier alpha value is -9.19. The molecule has 0 N–H and O–H groups in total. The molecule has 9 rings (SSSR count). The van der Waals surface area contributed by atoms with Crippen LogP contribution in [-0.2, 0) is 61.4 Å². The molecular weight excluding hydrogens is 1240 g/mol. The summed E-state index contributed by atoms with van der Waals surface area (Å²) in [6.45, 7) is 13.0. The van der Waals surface area contributed by atoms with E-state index in [9.17, 15) is 24.0 Å². The molecule has 0 unspecified atom stereocenters. The van der Waals surface area contributed by atoms with Gasteiger partial charge >= 0.3 is 29.8 Å². The predicted octanol–water partition coefficient (Wildman–Crippen LogP) is 10.0. The number of hydrogen-bond donors (Lipinski definition) is 0. The highest BCUT2D eigenvalue weighted by Gasteiger charge is 2.61. The zero-order chi connectivity index (χ0) is 68.0. The van der Waals surface area contributed by atoms with Crippen LogP contribution in [0.1, 0.15) is 135 Å². The fraction of sp³-hybridized carbons (Fsp3) is 0.389. The van der Waals surface area contributed by atoms with E-state index in [-0.39, 0.29) is 66.2 Å². The molecule has 2 amide bonds. The van der Waals surface area contributed by atoms with E-state index < -0.39 is 123 Å². The number of ketones is 1. The summed E-state index contributed by atoms with van der Waals surface area (Å²) < 4.78 is 67.2. The molecule has 95 heavy (non-hydrogen) atoms. The van der Waals surface area contributed by atoms with Crippen LogP contribution in [0, 0.1) is 20.8 Å². The van der Waals surface area contributed by atoms with Crippen molar-refractivity contribution in [2.75, 3.05) is 26.4 Å². The minimum atomic E-state index is -3.54. The van der Waals surface area contributed by atoms with Crippen molar-refractivity contribution in [2.45, 2.75) is 154 Å². The summed E-state index contributed by atoms with van der Waals surface area (Å²) in [5.41, 5.74) is 11.4. The molecule has 3 aliphatic heterocycles. The summed E-state index contributed by atoms with van der Waals surface area (Å²) in [7, 11) is -3.54. The Labute approximate surface area is 552 Å². The third kappa shape index (κ3) is 16.8. The number of amides is 2. The highest BCUT2D eigenvalue weighted by atomic mass is 28.4. The third-order valence-corrected chi connectivity index (χ3v) is 21.7. The number of ether oxygens (including phenoxy) is 9. The van der Waals surface area contributed by atoms with E-state index in [0.717, 1.165) is 38.9 Å². The lowest BCUT2D eigenvalue weighted by atomic mass is 9.93. The second-order valence-corrected chi connectivity index (χ2v) is 29.0. The van der Waals surface area contributed by atoms with Crippen LogP contribution in [-0.4, -0.2) is 148 Å². The van der Waals surface area contributed by atoms with Gasteiger partial charge in [-0.15, -0.1) is 0 Å². The second-order valence-electron chi connectivity index (χ2n) is 24.7. The number of rotatable bonds is 27. The monoisotopic (exact) mass is 1310 g/mol. The molecule has 0 bridgehead atoms. The second kappa shape index (κ2) is 31.8. The van der Waals surface area contributed by atoms with E-state index in [1.807, 2.05) is 81.4 Å². The highest BCUT2D eigenvalue weighted by molar-refractivity contribution is 6.99. The number of azide groups is 1. The predicted molar refractivity (Wildman–Crippen MR) is 348 cm³/mol. The summed E-state index contributed by atoms with van der Waals surface area (Å²) >= 11 is 0. The summed E-state index contributed by atoms with van der Waals surface area (Å²) in [5, 5.41) is 4.77. The Bertz CT molecular complexity index is 3670. The molecule has 23 heteroatoms. The zero-order valence-corrected chi connectivity index (χ0v) is 55.3. The molecule has 3 aliphatic rings. The van der Waals surface area contributed by atoms with Gasteiger partial charge in [-0.2, -0.15) is 0 Å². The van der Waals surface area contributed by atoms with Crippen LogP contribution in [0.2, 0.25) is 5.04 Å². The summed E-state index contributed by atoms with van der Waals surface area (Å²) in [6.07, 6.45) is -15.7. The average molecular weight is 1320 g/mol. The molecule has 2 fully saturated rings. The van der Waals surface area contributed by atoms with Crippen LogP contribution in [0.15, 0.2) is 163 Å². The first kappa shape index (κ1) is 70.1. The van der Waals surface area contributed by atoms with E-state index in [0.29, 0.717) is 19.3 Å². The molecule has 0 aliphatic carbocycles. The Morgan fingerprint density at radius 2 is 1.01 bits per heavy atom. The zero-order valence-electron chi connectivity index (χ0n) is 54.3. The van der Waals surface area contributed by atoms with Crippen LogP contribution in [0.3, 0.4) is 0 Å². The lowest BCUT2D eigenvalue weighted by Gasteiger charge is -2.51. The number of carbonyl (C=O) groups is 8. The first-order valence-corrected chi connectivity index (χ1v) is 33.4. The molecule has 0 spiro atoms. The molecule has 10 atom stereocenters. The number of nitrogens with zero attached hydrogens (tertiary/aromatic N) is 4. The number of esters is 5. The van der Waals surface area contributed by atoms with Gasteiger partial charge in [0.05, 0.1) is 40.8 Å². The topological polar surface area (TPSA) is 281 Å². The Morgan fingerprint density at radius 1 is 0.547 bits per heavy atom. The van der Waals surface area contributed by atoms with Crippen molar-refractivity contribution in [3.63, 3.8) is 0 Å². The number of carbonyl (C=O) groups excluding carboxylic acids is 8. The number of unbranched alkanes of at least 4 members (excludes halogenated alkanes) is 2. The quantitative estimate of drug-likeness (QED) is 0.00677. The van der Waals surface area contributed by atoms with Gasteiger partial charge in [0.15, 0.2) is 37.0 Å². The first-order chi connectivity index (χ1) is 45.6. The van der Waals surface area contributed by atoms with Gasteiger partial charge in [-0.25, -0.2) is 14.4 Å². The lowest BCUT2D eigenvalue weighted by molar-refractivity contribution is -0.347. The van der Waals surface area contributed by atoms with Gasteiger partial charge in [0, 0.05) is 31.4 Å². The van der Waals surface area contributed by atoms with Crippen molar-refractivity contribution < 1.29 is 85.4 Å². The van der Waals surface area contributed by atoms with Crippen molar-refractivity contribution in [1.82, 2.24) is 4.90 Å². The Kier molecular flexibility index (Phi) is 23.5. The van der Waals surface area contributed by atoms with Crippen LogP contribution >= 0.6 is 0 Å². The summed E-state index contributed by atoms with van der Waals surface area (Å²) in [5.74, 6) is -6.75. The fourth-order valence-corrected chi connectivity index (χ4v) is 16.5. The van der Waals surface area contributed by atoms with Gasteiger partial charge < -0.3 is 51.9 Å². The Morgan fingerprint density at radius 3 is 1.49 bits per heavy atom. The van der Waals surface area contributed by atoms with Gasteiger partial charge in [0.2, 0.25) is 0 Å². The highest BCUT2D eigenvalue weighted by Crippen LogP contribution is 2.42. The van der Waals surface area contributed by atoms with Crippen LogP contribution < -0.4 is 10.4 Å². The van der Waals surface area contributed by atoms with Gasteiger partial charge in [0.1, 0.15) is 36.7 Å². The number of fused-ring (bicyclic) bond motifs is 1. The molecular formula is C72H78N4O18Si. The minimum Gasteiger partial charge on any atom is -0.463 e. The SMILES string of the molecule is CC(=O)CCC(=O)OC[C@H]1O[C@@H](O[C@H]2[C@@H](OC(C)=O)[C@@H](CO[Si](c3ccccc3)(c3ccccc3)C(C)(C)C)O[C@@H](OCCCCCN=[N+]=[N-])[C@@H]2N2C(=O)c3ccccc3C2=O)[C@H](OC(=O)c2ccc(C)cc2)[C@@H](OC(=O)c2ccc(C)cc2)[C@@H]1OC(=O)c1ccc(C)cc1. The number of benzene rings is 6. The Balaban J connectivity index is 1.26. The maximum atomic E-state index is 15.3.